The average molecular weight is 376 g/mol. The molecule has 0 aromatic carbocycles. The Morgan fingerprint density at radius 2 is 2.08 bits per heavy atom. The molecule has 2 aromatic heterocycles. The standard InChI is InChI=1S/C17H20N4O4S/c1-21-8-12-5-11(6-18-15(12)9-21)17(23)20-16(10-22)14-4-3-13(7-19-14)26(2,24)25/h3-7,16,22H,8-10H2,1-2H3,(H,20,23). The Morgan fingerprint density at radius 1 is 1.31 bits per heavy atom. The van der Waals surface area contributed by atoms with Crippen molar-refractivity contribution in [1.82, 2.24) is 20.2 Å². The van der Waals surface area contributed by atoms with Crippen molar-refractivity contribution in [3.8, 4) is 0 Å². The molecular formula is C17H20N4O4S. The van der Waals surface area contributed by atoms with Gasteiger partial charge in [-0.15, -0.1) is 0 Å². The summed E-state index contributed by atoms with van der Waals surface area (Å²) >= 11 is 0. The number of aromatic nitrogens is 2. The fourth-order valence-corrected chi connectivity index (χ4v) is 3.38. The molecule has 1 aliphatic heterocycles. The summed E-state index contributed by atoms with van der Waals surface area (Å²) in [6, 6.07) is 3.94. The second-order valence-electron chi connectivity index (χ2n) is 6.40. The summed E-state index contributed by atoms with van der Waals surface area (Å²) in [6.07, 6.45) is 3.82. The molecule has 3 rings (SSSR count). The highest BCUT2D eigenvalue weighted by molar-refractivity contribution is 7.90. The minimum atomic E-state index is -3.35. The summed E-state index contributed by atoms with van der Waals surface area (Å²) in [4.78, 5) is 23.1. The van der Waals surface area contributed by atoms with Crippen LogP contribution >= 0.6 is 0 Å². The molecular weight excluding hydrogens is 356 g/mol. The lowest BCUT2D eigenvalue weighted by molar-refractivity contribution is 0.0914. The first-order chi connectivity index (χ1) is 12.3. The predicted molar refractivity (Wildman–Crippen MR) is 94.0 cm³/mol. The fourth-order valence-electron chi connectivity index (χ4n) is 2.82. The molecule has 3 heterocycles. The molecule has 138 valence electrons. The Kier molecular flexibility index (Phi) is 5.03. The van der Waals surface area contributed by atoms with Crippen LogP contribution in [0.2, 0.25) is 0 Å². The van der Waals surface area contributed by atoms with E-state index in [0.717, 1.165) is 30.6 Å². The number of sulfone groups is 1. The number of fused-ring (bicyclic) bond motifs is 1. The number of nitrogens with one attached hydrogen (secondary N) is 1. The summed E-state index contributed by atoms with van der Waals surface area (Å²) in [5.41, 5.74) is 2.75. The van der Waals surface area contributed by atoms with Gasteiger partial charge < -0.3 is 10.4 Å². The molecule has 1 atom stereocenters. The zero-order valence-corrected chi connectivity index (χ0v) is 15.3. The van der Waals surface area contributed by atoms with Crippen LogP contribution in [-0.4, -0.2) is 54.2 Å². The van der Waals surface area contributed by atoms with Crippen LogP contribution in [0.4, 0.5) is 0 Å². The SMILES string of the molecule is CN1Cc2cc(C(=O)NC(CO)c3ccc(S(C)(=O)=O)cn3)cnc2C1. The third-order valence-electron chi connectivity index (χ3n) is 4.21. The third-order valence-corrected chi connectivity index (χ3v) is 5.31. The van der Waals surface area contributed by atoms with Crippen LogP contribution in [-0.2, 0) is 22.9 Å². The monoisotopic (exact) mass is 376 g/mol. The summed E-state index contributed by atoms with van der Waals surface area (Å²) in [5.74, 6) is -0.372. The van der Waals surface area contributed by atoms with E-state index in [0.29, 0.717) is 11.3 Å². The second-order valence-corrected chi connectivity index (χ2v) is 8.42. The van der Waals surface area contributed by atoms with Gasteiger partial charge in [0.25, 0.3) is 5.91 Å². The average Bonchev–Trinajstić information content (AvgIpc) is 2.98. The Labute approximate surface area is 151 Å². The maximum absolute atomic E-state index is 12.5. The molecule has 0 aliphatic carbocycles. The first-order valence-corrected chi connectivity index (χ1v) is 9.91. The molecule has 0 fully saturated rings. The van der Waals surface area contributed by atoms with Gasteiger partial charge >= 0.3 is 0 Å². The summed E-state index contributed by atoms with van der Waals surface area (Å²) < 4.78 is 23.0. The van der Waals surface area contributed by atoms with Gasteiger partial charge in [-0.05, 0) is 30.8 Å². The molecule has 0 spiro atoms. The number of carbonyl (C=O) groups excluding carboxylic acids is 1. The van der Waals surface area contributed by atoms with Crippen LogP contribution in [0.5, 0.6) is 0 Å². The van der Waals surface area contributed by atoms with Crippen LogP contribution in [0.1, 0.15) is 33.4 Å². The lowest BCUT2D eigenvalue weighted by Crippen LogP contribution is -2.31. The van der Waals surface area contributed by atoms with E-state index in [1.165, 1.54) is 24.5 Å². The van der Waals surface area contributed by atoms with Crippen molar-refractivity contribution in [1.29, 1.82) is 0 Å². The van der Waals surface area contributed by atoms with Crippen LogP contribution in [0, 0.1) is 0 Å². The maximum Gasteiger partial charge on any atom is 0.253 e. The van der Waals surface area contributed by atoms with Crippen LogP contribution < -0.4 is 5.32 Å². The number of pyridine rings is 2. The van der Waals surface area contributed by atoms with Gasteiger partial charge in [-0.2, -0.15) is 0 Å². The van der Waals surface area contributed by atoms with Gasteiger partial charge in [-0.1, -0.05) is 0 Å². The van der Waals surface area contributed by atoms with E-state index in [1.807, 2.05) is 7.05 Å². The number of rotatable bonds is 5. The normalized spacial score (nSPS) is 15.5. The molecule has 2 aromatic rings. The maximum atomic E-state index is 12.5. The van der Waals surface area contributed by atoms with E-state index in [2.05, 4.69) is 20.2 Å². The molecule has 1 aliphatic rings. The first-order valence-electron chi connectivity index (χ1n) is 8.02. The van der Waals surface area contributed by atoms with Crippen LogP contribution in [0.15, 0.2) is 35.5 Å². The minimum absolute atomic E-state index is 0.0798. The number of nitrogens with zero attached hydrogens (tertiary/aromatic N) is 3. The van der Waals surface area contributed by atoms with E-state index >= 15 is 0 Å². The zero-order valence-electron chi connectivity index (χ0n) is 14.5. The van der Waals surface area contributed by atoms with Crippen molar-refractivity contribution in [2.45, 2.75) is 24.0 Å². The highest BCUT2D eigenvalue weighted by atomic mass is 32.2. The Hall–Kier alpha value is -2.36. The van der Waals surface area contributed by atoms with Crippen molar-refractivity contribution in [3.05, 3.63) is 53.1 Å². The molecule has 26 heavy (non-hydrogen) atoms. The zero-order chi connectivity index (χ0) is 18.9. The van der Waals surface area contributed by atoms with E-state index in [1.54, 1.807) is 6.07 Å². The molecule has 0 bridgehead atoms. The van der Waals surface area contributed by atoms with Crippen molar-refractivity contribution in [2.75, 3.05) is 19.9 Å². The van der Waals surface area contributed by atoms with E-state index in [9.17, 15) is 18.3 Å². The number of hydrogen-bond acceptors (Lipinski definition) is 7. The van der Waals surface area contributed by atoms with Gasteiger partial charge in [0.15, 0.2) is 9.84 Å². The lowest BCUT2D eigenvalue weighted by atomic mass is 10.1. The highest BCUT2D eigenvalue weighted by Gasteiger charge is 2.21. The highest BCUT2D eigenvalue weighted by Crippen LogP contribution is 2.20. The largest absolute Gasteiger partial charge is 0.394 e. The van der Waals surface area contributed by atoms with Crippen molar-refractivity contribution >= 4 is 15.7 Å². The van der Waals surface area contributed by atoms with E-state index < -0.39 is 15.9 Å². The number of aliphatic hydroxyl groups is 1. The summed E-state index contributed by atoms with van der Waals surface area (Å²) in [6.45, 7) is 1.13. The summed E-state index contributed by atoms with van der Waals surface area (Å²) in [5, 5.41) is 12.3. The van der Waals surface area contributed by atoms with Gasteiger partial charge in [0.1, 0.15) is 0 Å². The van der Waals surface area contributed by atoms with E-state index in [4.69, 9.17) is 0 Å². The topological polar surface area (TPSA) is 112 Å². The molecule has 0 saturated carbocycles. The Morgan fingerprint density at radius 3 is 2.69 bits per heavy atom. The third kappa shape index (κ3) is 3.90. The number of carbonyl (C=O) groups is 1. The fraction of sp³-hybridized carbons (Fsp3) is 0.353. The molecule has 1 amide bonds. The second kappa shape index (κ2) is 7.10. The smallest absolute Gasteiger partial charge is 0.253 e. The van der Waals surface area contributed by atoms with Crippen molar-refractivity contribution in [3.63, 3.8) is 0 Å². The number of hydrogen-bond donors (Lipinski definition) is 2. The quantitative estimate of drug-likeness (QED) is 0.771. The minimum Gasteiger partial charge on any atom is -0.394 e. The first kappa shape index (κ1) is 18.4. The molecule has 2 N–H and O–H groups in total. The molecule has 0 radical (unpaired) electrons. The van der Waals surface area contributed by atoms with Gasteiger partial charge in [-0.3, -0.25) is 19.7 Å². The molecule has 0 saturated heterocycles. The molecule has 9 heteroatoms. The van der Waals surface area contributed by atoms with Crippen LogP contribution in [0.25, 0.3) is 0 Å². The van der Waals surface area contributed by atoms with Gasteiger partial charge in [0.2, 0.25) is 0 Å². The van der Waals surface area contributed by atoms with Crippen molar-refractivity contribution in [2.24, 2.45) is 0 Å². The lowest BCUT2D eigenvalue weighted by Gasteiger charge is -2.16. The van der Waals surface area contributed by atoms with Gasteiger partial charge in [0, 0.05) is 31.7 Å². The van der Waals surface area contributed by atoms with Gasteiger partial charge in [-0.25, -0.2) is 8.42 Å². The van der Waals surface area contributed by atoms with E-state index in [-0.39, 0.29) is 17.4 Å². The molecule has 8 nitrogen and oxygen atoms in total. The van der Waals surface area contributed by atoms with Crippen molar-refractivity contribution < 1.29 is 18.3 Å². The molecule has 1 unspecified atom stereocenters. The summed E-state index contributed by atoms with van der Waals surface area (Å²) in [7, 11) is -1.37. The Balaban J connectivity index is 1.76. The predicted octanol–water partition coefficient (Wildman–Crippen LogP) is 0.289. The van der Waals surface area contributed by atoms with Crippen LogP contribution in [0.3, 0.4) is 0 Å². The number of aliphatic hydroxyl groups excluding tert-OH is 1. The number of amides is 1. The van der Waals surface area contributed by atoms with Gasteiger partial charge in [0.05, 0.1) is 34.5 Å². The Bertz CT molecular complexity index is 928.